The van der Waals surface area contributed by atoms with E-state index in [0.717, 1.165) is 12.8 Å². The second-order valence-corrected chi connectivity index (χ2v) is 29.5. The molecule has 0 spiro atoms. The molecule has 0 radical (unpaired) electrons. The molecule has 0 aliphatic heterocycles. The minimum Gasteiger partial charge on any atom is -1.00 e. The molecule has 0 aliphatic rings. The fourth-order valence-electron chi connectivity index (χ4n) is 7.35. The Hall–Kier alpha value is -3.80. The number of benzene rings is 6. The second kappa shape index (κ2) is 28.3. The summed E-state index contributed by atoms with van der Waals surface area (Å²) in [4.78, 5) is 0. The number of rotatable bonds is 4. The maximum absolute atomic E-state index is 2.27. The van der Waals surface area contributed by atoms with Crippen molar-refractivity contribution in [2.45, 2.75) is 66.7 Å². The molecule has 0 aromatic heterocycles. The summed E-state index contributed by atoms with van der Waals surface area (Å²) in [6.07, 6.45) is 2.51. The quantitative estimate of drug-likeness (QED) is 0.122. The van der Waals surface area contributed by atoms with Crippen molar-refractivity contribution in [3.8, 4) is 22.3 Å². The summed E-state index contributed by atoms with van der Waals surface area (Å²) in [5.74, 6) is 0. The summed E-state index contributed by atoms with van der Waals surface area (Å²) in [6.45, 7) is 17.7. The van der Waals surface area contributed by atoms with Crippen LogP contribution in [-0.4, -0.2) is 12.4 Å². The van der Waals surface area contributed by atoms with Crippen LogP contribution in [0.3, 0.4) is 0 Å². The van der Waals surface area contributed by atoms with Crippen molar-refractivity contribution in [1.29, 1.82) is 0 Å². The average molecular weight is 980 g/mol. The van der Waals surface area contributed by atoms with E-state index >= 15 is 0 Å². The molecule has 324 valence electrons. The normalized spacial score (nSPS) is 9.94. The van der Waals surface area contributed by atoms with Gasteiger partial charge in [0.2, 0.25) is 0 Å². The zero-order valence-electron chi connectivity index (χ0n) is 38.6. The maximum Gasteiger partial charge on any atom is -0.0279 e. The Morgan fingerprint density at radius 1 is 0.391 bits per heavy atom. The molecule has 0 amide bonds. The summed E-state index contributed by atoms with van der Waals surface area (Å²) < 4.78 is 0. The van der Waals surface area contributed by atoms with E-state index in [1.165, 1.54) is 87.6 Å². The Bertz CT molecular complexity index is 2660. The third-order valence-electron chi connectivity index (χ3n) is 10.1. The molecule has 10 rings (SSSR count). The standard InChI is InChI=1S/2C16H13.2C11H11.2C2H6Si.2ClH.2Ti/c2*1-12-10-14-8-5-9-15(16(14)11-12)13-6-3-2-4-7-13;2*1-2-9-7-10-5-3-4-6-11(10)8-9;2*1-3-2;;;;/h2*2-11H,1H3;2*3-8H,2H2,1H3;2*1-2H3;2*1H;;/q4*-1;;;;;2*+2/p-2. The van der Waals surface area contributed by atoms with Gasteiger partial charge in [-0.05, 0) is 24.0 Å². The zero-order chi connectivity index (χ0) is 44.4. The SMILES string of the molecule is CCc1cc2ccccc2[cH-]1.CCc1cc2ccccc2[cH-]1.C[Si](C)=[Ti+2].C[Si](C)=[Ti+2].Cc1cc2c(-c3ccccc3)cccc2[cH-]1.Cc1cc2c(-c3ccccc3)cccc2[cH-]1.[Cl-].[Cl-]. The van der Waals surface area contributed by atoms with Gasteiger partial charge in [-0.1, -0.05) is 124 Å². The van der Waals surface area contributed by atoms with Crippen LogP contribution in [0.2, 0.25) is 26.2 Å². The minimum atomic E-state index is 0. The molecule has 10 aromatic rings. The third-order valence-corrected chi connectivity index (χ3v) is 10.1. The van der Waals surface area contributed by atoms with Crippen LogP contribution in [0.1, 0.15) is 36.1 Å². The molecule has 0 saturated carbocycles. The summed E-state index contributed by atoms with van der Waals surface area (Å²) >= 11 is 4.54. The van der Waals surface area contributed by atoms with Gasteiger partial charge in [-0.2, -0.15) is 24.3 Å². The van der Waals surface area contributed by atoms with Crippen molar-refractivity contribution in [3.63, 3.8) is 0 Å². The summed E-state index contributed by atoms with van der Waals surface area (Å²) in [7, 11) is 0. The Balaban J connectivity index is 0.000000215. The van der Waals surface area contributed by atoms with Crippen molar-refractivity contribution in [1.82, 2.24) is 0 Å². The Morgan fingerprint density at radius 3 is 1.03 bits per heavy atom. The molecule has 64 heavy (non-hydrogen) atoms. The van der Waals surface area contributed by atoms with Gasteiger partial charge in [0, 0.05) is 0 Å². The molecule has 0 saturated heterocycles. The average Bonchev–Trinajstić information content (AvgIpc) is 4.07. The van der Waals surface area contributed by atoms with E-state index < -0.39 is 0 Å². The van der Waals surface area contributed by atoms with Crippen LogP contribution in [0.5, 0.6) is 0 Å². The first-order chi connectivity index (χ1) is 29.9. The molecule has 0 N–H and O–H groups in total. The van der Waals surface area contributed by atoms with Crippen LogP contribution >= 0.6 is 0 Å². The topological polar surface area (TPSA) is 0 Å². The molecule has 0 fully saturated rings. The van der Waals surface area contributed by atoms with Crippen molar-refractivity contribution in [2.75, 3.05) is 0 Å². The minimum absolute atomic E-state index is 0. The van der Waals surface area contributed by atoms with Gasteiger partial charge in [-0.25, -0.2) is 0 Å². The van der Waals surface area contributed by atoms with Gasteiger partial charge in [0.25, 0.3) is 0 Å². The van der Waals surface area contributed by atoms with Crippen LogP contribution in [0.15, 0.2) is 194 Å². The van der Waals surface area contributed by atoms with Crippen molar-refractivity contribution >= 4 is 55.5 Å². The summed E-state index contributed by atoms with van der Waals surface area (Å²) in [5.41, 5.74) is 10.8. The summed E-state index contributed by atoms with van der Waals surface area (Å²) in [5, 5.41) is 10.8. The number of hydrogen-bond acceptors (Lipinski definition) is 0. The molecule has 10 aromatic carbocycles. The molecule has 0 unspecified atom stereocenters. The predicted octanol–water partition coefficient (Wildman–Crippen LogP) is 10.9. The van der Waals surface area contributed by atoms with Gasteiger partial charge >= 0.3 is 76.9 Å². The molecule has 0 aliphatic carbocycles. The Morgan fingerprint density at radius 2 is 0.703 bits per heavy atom. The van der Waals surface area contributed by atoms with E-state index in [0.29, 0.717) is 0 Å². The molecular weight excluding hydrogens is 919 g/mol. The van der Waals surface area contributed by atoms with Gasteiger partial charge in [0.1, 0.15) is 0 Å². The largest absolute Gasteiger partial charge is 1.00 e. The second-order valence-electron chi connectivity index (χ2n) is 16.1. The van der Waals surface area contributed by atoms with E-state index in [-0.39, 0.29) is 37.2 Å². The van der Waals surface area contributed by atoms with Crippen molar-refractivity contribution in [2.24, 2.45) is 0 Å². The van der Waals surface area contributed by atoms with Gasteiger partial charge < -0.3 is 24.8 Å². The van der Waals surface area contributed by atoms with E-state index in [1.807, 2.05) is 0 Å². The van der Waals surface area contributed by atoms with E-state index in [4.69, 9.17) is 0 Å². The summed E-state index contributed by atoms with van der Waals surface area (Å²) in [6, 6.07) is 69.1. The van der Waals surface area contributed by atoms with Gasteiger partial charge in [-0.3, -0.25) is 0 Å². The van der Waals surface area contributed by atoms with Crippen LogP contribution in [-0.2, 0) is 51.2 Å². The van der Waals surface area contributed by atoms with Gasteiger partial charge in [0.15, 0.2) is 0 Å². The maximum atomic E-state index is 2.27. The molecule has 0 nitrogen and oxygen atoms in total. The first kappa shape index (κ1) is 54.5. The Kier molecular flexibility index (Phi) is 24.1. The number of hydrogen-bond donors (Lipinski definition) is 0. The number of halogens is 2. The molecule has 0 bridgehead atoms. The van der Waals surface area contributed by atoms with Crippen LogP contribution in [0, 0.1) is 13.8 Å². The number of fused-ring (bicyclic) bond motifs is 4. The van der Waals surface area contributed by atoms with Crippen LogP contribution in [0.4, 0.5) is 0 Å². The first-order valence-corrected chi connectivity index (χ1v) is 31.4. The van der Waals surface area contributed by atoms with Crippen LogP contribution < -0.4 is 24.8 Å². The number of aryl methyl sites for hydroxylation is 4. The molecule has 0 heterocycles. The van der Waals surface area contributed by atoms with Gasteiger partial charge in [-0.15, -0.1) is 150 Å². The molecule has 6 heteroatoms. The van der Waals surface area contributed by atoms with E-state index in [2.05, 4.69) is 286 Å². The van der Waals surface area contributed by atoms with Crippen molar-refractivity contribution in [3.05, 3.63) is 216 Å². The van der Waals surface area contributed by atoms with Crippen molar-refractivity contribution < 1.29 is 63.2 Å². The smallest absolute Gasteiger partial charge is 0.0279 e. The van der Waals surface area contributed by atoms with Gasteiger partial charge in [0.05, 0.1) is 0 Å². The molecule has 0 atom stereocenters. The fraction of sp³-hybridized carbons (Fsp3) is 0.172. The van der Waals surface area contributed by atoms with E-state index in [1.54, 1.807) is 0 Å². The van der Waals surface area contributed by atoms with Crippen LogP contribution in [0.25, 0.3) is 65.3 Å². The monoisotopic (exact) mass is 978 g/mol. The third kappa shape index (κ3) is 16.9. The van der Waals surface area contributed by atoms with E-state index in [9.17, 15) is 0 Å². The molecular formula is C58H60Cl2Si2Ti2-2. The zero-order valence-corrected chi connectivity index (χ0v) is 45.3. The Labute approximate surface area is 420 Å². The fourth-order valence-corrected chi connectivity index (χ4v) is 7.35. The predicted molar refractivity (Wildman–Crippen MR) is 272 cm³/mol. The first-order valence-electron chi connectivity index (χ1n) is 21.7.